The molecule has 2 aromatic heterocycles. The van der Waals surface area contributed by atoms with Crippen molar-refractivity contribution in [3.8, 4) is 10.8 Å². The topological polar surface area (TPSA) is 88.7 Å². The lowest BCUT2D eigenvalue weighted by Gasteiger charge is -2.17. The average Bonchev–Trinajstić information content (AvgIpc) is 3.04. The van der Waals surface area contributed by atoms with Gasteiger partial charge in [0.1, 0.15) is 0 Å². The van der Waals surface area contributed by atoms with Crippen LogP contribution in [0.15, 0.2) is 20.3 Å². The highest BCUT2D eigenvalue weighted by Crippen LogP contribution is 2.30. The maximum absolute atomic E-state index is 10.8. The van der Waals surface area contributed by atoms with Gasteiger partial charge >= 0.3 is 5.97 Å². The molecule has 0 atom stereocenters. The van der Waals surface area contributed by atoms with Crippen LogP contribution in [0.2, 0.25) is 0 Å². The molecule has 21 heavy (non-hydrogen) atoms. The minimum atomic E-state index is -0.909. The Bertz CT molecular complexity index is 601. The first-order valence-electron chi connectivity index (χ1n) is 6.09. The fourth-order valence-corrected chi connectivity index (χ4v) is 2.97. The summed E-state index contributed by atoms with van der Waals surface area (Å²) in [5, 5.41) is 16.8. The molecule has 0 aromatic carbocycles. The molecule has 0 saturated carbocycles. The summed E-state index contributed by atoms with van der Waals surface area (Å²) in [5.74, 6) is -0.0948. The van der Waals surface area contributed by atoms with Gasteiger partial charge in [-0.05, 0) is 28.1 Å². The zero-order valence-electron chi connectivity index (χ0n) is 11.3. The molecule has 7 nitrogen and oxygen atoms in total. The monoisotopic (exact) mass is 375 g/mol. The summed E-state index contributed by atoms with van der Waals surface area (Å²) in [4.78, 5) is 13.4. The van der Waals surface area contributed by atoms with E-state index in [1.54, 1.807) is 12.0 Å². The number of carboxylic acid groups (broad SMARTS) is 1. The number of thiophene rings is 1. The van der Waals surface area contributed by atoms with Crippen molar-refractivity contribution in [2.45, 2.75) is 6.54 Å². The molecular weight excluding hydrogens is 362 g/mol. The molecule has 9 heteroatoms. The fourth-order valence-electron chi connectivity index (χ4n) is 1.66. The Hall–Kier alpha value is -1.29. The third-order valence-electron chi connectivity index (χ3n) is 2.58. The van der Waals surface area contributed by atoms with Gasteiger partial charge in [-0.2, -0.15) is 0 Å². The first-order chi connectivity index (χ1) is 10.1. The molecule has 0 radical (unpaired) electrons. The van der Waals surface area contributed by atoms with Crippen LogP contribution >= 0.6 is 27.3 Å². The Kier molecular flexibility index (Phi) is 5.85. The Morgan fingerprint density at radius 1 is 1.52 bits per heavy atom. The summed E-state index contributed by atoms with van der Waals surface area (Å²) in [6.45, 7) is 1.08. The van der Waals surface area contributed by atoms with Crippen molar-refractivity contribution in [1.29, 1.82) is 0 Å². The number of ether oxygens (including phenoxy) is 1. The second-order valence-electron chi connectivity index (χ2n) is 4.20. The first kappa shape index (κ1) is 16.1. The van der Waals surface area contributed by atoms with Gasteiger partial charge in [0.05, 0.1) is 28.4 Å². The molecule has 0 unspecified atom stereocenters. The van der Waals surface area contributed by atoms with Gasteiger partial charge in [0.25, 0.3) is 5.89 Å². The number of hydrogen-bond donors (Lipinski definition) is 1. The molecule has 2 rings (SSSR count). The molecule has 0 saturated heterocycles. The van der Waals surface area contributed by atoms with Crippen LogP contribution in [0, 0.1) is 0 Å². The molecule has 0 fully saturated rings. The van der Waals surface area contributed by atoms with Crippen molar-refractivity contribution in [3.63, 3.8) is 0 Å². The number of methoxy groups -OCH3 is 1. The molecule has 0 amide bonds. The first-order valence-corrected chi connectivity index (χ1v) is 7.70. The molecule has 0 aliphatic rings. The summed E-state index contributed by atoms with van der Waals surface area (Å²) < 4.78 is 11.5. The maximum Gasteiger partial charge on any atom is 0.317 e. The second kappa shape index (κ2) is 7.64. The van der Waals surface area contributed by atoms with E-state index in [1.165, 1.54) is 11.3 Å². The fraction of sp³-hybridized carbons (Fsp3) is 0.417. The number of aromatic nitrogens is 2. The summed E-state index contributed by atoms with van der Waals surface area (Å²) in [7, 11) is 1.57. The predicted octanol–water partition coefficient (Wildman–Crippen LogP) is 2.09. The maximum atomic E-state index is 10.8. The van der Waals surface area contributed by atoms with Crippen LogP contribution in [-0.4, -0.2) is 53.0 Å². The zero-order valence-corrected chi connectivity index (χ0v) is 13.7. The zero-order chi connectivity index (χ0) is 15.2. The van der Waals surface area contributed by atoms with Gasteiger partial charge in [-0.3, -0.25) is 9.69 Å². The van der Waals surface area contributed by atoms with E-state index < -0.39 is 5.97 Å². The summed E-state index contributed by atoms with van der Waals surface area (Å²) in [6.07, 6.45) is 0. The van der Waals surface area contributed by atoms with E-state index >= 15 is 0 Å². The van der Waals surface area contributed by atoms with Gasteiger partial charge < -0.3 is 14.3 Å². The van der Waals surface area contributed by atoms with Gasteiger partial charge in [0.15, 0.2) is 0 Å². The van der Waals surface area contributed by atoms with Crippen molar-refractivity contribution in [2.24, 2.45) is 0 Å². The van der Waals surface area contributed by atoms with Crippen LogP contribution in [0.25, 0.3) is 10.8 Å². The number of aliphatic carboxylic acids is 1. The van der Waals surface area contributed by atoms with Crippen molar-refractivity contribution in [1.82, 2.24) is 15.1 Å². The van der Waals surface area contributed by atoms with Crippen molar-refractivity contribution in [3.05, 3.63) is 21.8 Å². The minimum Gasteiger partial charge on any atom is -0.480 e. The van der Waals surface area contributed by atoms with Gasteiger partial charge in [0.2, 0.25) is 5.89 Å². The largest absolute Gasteiger partial charge is 0.480 e. The third kappa shape index (κ3) is 4.88. The molecule has 1 N–H and O–H groups in total. The molecule has 0 aliphatic heterocycles. The molecule has 114 valence electrons. The third-order valence-corrected chi connectivity index (χ3v) is 4.19. The number of rotatable bonds is 8. The quantitative estimate of drug-likeness (QED) is 0.755. The number of carboxylic acids is 1. The Morgan fingerprint density at radius 3 is 2.95 bits per heavy atom. The van der Waals surface area contributed by atoms with Gasteiger partial charge in [-0.25, -0.2) is 0 Å². The smallest absolute Gasteiger partial charge is 0.317 e. The highest BCUT2D eigenvalue weighted by Gasteiger charge is 2.16. The Balaban J connectivity index is 2.03. The van der Waals surface area contributed by atoms with E-state index in [4.69, 9.17) is 14.3 Å². The van der Waals surface area contributed by atoms with Crippen LogP contribution in [-0.2, 0) is 16.1 Å². The van der Waals surface area contributed by atoms with E-state index in [1.807, 2.05) is 12.1 Å². The lowest BCUT2D eigenvalue weighted by atomic mass is 10.4. The molecule has 0 bridgehead atoms. The Labute approximate surface area is 133 Å². The molecular formula is C12H14BrN3O4S. The van der Waals surface area contributed by atoms with Crippen LogP contribution < -0.4 is 0 Å². The molecule has 2 heterocycles. The normalized spacial score (nSPS) is 11.2. The highest BCUT2D eigenvalue weighted by atomic mass is 79.9. The second-order valence-corrected chi connectivity index (χ2v) is 6.66. The average molecular weight is 376 g/mol. The minimum absolute atomic E-state index is 0.106. The van der Waals surface area contributed by atoms with Gasteiger partial charge in [-0.1, -0.05) is 0 Å². The van der Waals surface area contributed by atoms with Crippen LogP contribution in [0.1, 0.15) is 5.89 Å². The lowest BCUT2D eigenvalue weighted by Crippen LogP contribution is -2.32. The van der Waals surface area contributed by atoms with E-state index in [2.05, 4.69) is 26.1 Å². The van der Waals surface area contributed by atoms with E-state index in [0.29, 0.717) is 24.9 Å². The lowest BCUT2D eigenvalue weighted by molar-refractivity contribution is -0.138. The summed E-state index contributed by atoms with van der Waals surface area (Å²) >= 11 is 4.86. The van der Waals surface area contributed by atoms with Crippen molar-refractivity contribution < 1.29 is 19.1 Å². The van der Waals surface area contributed by atoms with E-state index in [9.17, 15) is 4.79 Å². The highest BCUT2D eigenvalue weighted by molar-refractivity contribution is 9.11. The van der Waals surface area contributed by atoms with Crippen LogP contribution in [0.5, 0.6) is 0 Å². The van der Waals surface area contributed by atoms with Gasteiger partial charge in [0, 0.05) is 13.7 Å². The van der Waals surface area contributed by atoms with E-state index in [0.717, 1.165) is 8.66 Å². The number of nitrogens with zero attached hydrogens (tertiary/aromatic N) is 3. The molecule has 0 aliphatic carbocycles. The number of carbonyl (C=O) groups is 1. The number of halogens is 1. The van der Waals surface area contributed by atoms with Crippen LogP contribution in [0.4, 0.5) is 0 Å². The number of hydrogen-bond acceptors (Lipinski definition) is 7. The SMILES string of the molecule is COCCN(CC(=O)O)Cc1nnc(-c2ccc(Br)s2)o1. The molecule has 2 aromatic rings. The predicted molar refractivity (Wildman–Crippen MR) is 80.1 cm³/mol. The van der Waals surface area contributed by atoms with Gasteiger partial charge in [-0.15, -0.1) is 21.5 Å². The standard InChI is InChI=1S/C12H14BrN3O4S/c1-19-5-4-16(7-11(17)18)6-10-14-15-12(20-10)8-2-3-9(13)21-8/h2-3H,4-7H2,1H3,(H,17,18). The van der Waals surface area contributed by atoms with Crippen molar-refractivity contribution >= 4 is 33.2 Å². The van der Waals surface area contributed by atoms with Crippen molar-refractivity contribution in [2.75, 3.05) is 26.8 Å². The summed E-state index contributed by atoms with van der Waals surface area (Å²) in [6, 6.07) is 3.78. The molecule has 0 spiro atoms. The van der Waals surface area contributed by atoms with Crippen LogP contribution in [0.3, 0.4) is 0 Å². The Morgan fingerprint density at radius 2 is 2.33 bits per heavy atom. The van der Waals surface area contributed by atoms with E-state index in [-0.39, 0.29) is 13.1 Å². The summed E-state index contributed by atoms with van der Waals surface area (Å²) in [5.41, 5.74) is 0.